The van der Waals surface area contributed by atoms with Crippen molar-refractivity contribution >= 4 is 17.7 Å². The zero-order chi connectivity index (χ0) is 17.6. The molecule has 0 saturated carbocycles. The summed E-state index contributed by atoms with van der Waals surface area (Å²) in [6.07, 6.45) is 2.26. The number of thioether (sulfide) groups is 1. The van der Waals surface area contributed by atoms with Crippen LogP contribution in [-0.2, 0) is 9.53 Å². The Labute approximate surface area is 155 Å². The third-order valence-electron chi connectivity index (χ3n) is 5.23. The quantitative estimate of drug-likeness (QED) is 0.754. The van der Waals surface area contributed by atoms with E-state index in [2.05, 4.69) is 41.0 Å². The Morgan fingerprint density at radius 1 is 1.16 bits per heavy atom. The molecule has 2 fully saturated rings. The van der Waals surface area contributed by atoms with E-state index in [0.717, 1.165) is 58.2 Å². The number of carbonyl (C=O) groups is 1. The highest BCUT2D eigenvalue weighted by molar-refractivity contribution is 8.00. The zero-order valence-electron chi connectivity index (χ0n) is 15.4. The first kappa shape index (κ1) is 18.7. The first-order valence-electron chi connectivity index (χ1n) is 9.44. The number of rotatable bonds is 5. The molecule has 1 atom stereocenters. The monoisotopic (exact) mass is 362 g/mol. The molecule has 0 aromatic heterocycles. The van der Waals surface area contributed by atoms with Crippen LogP contribution in [-0.4, -0.2) is 66.9 Å². The van der Waals surface area contributed by atoms with Gasteiger partial charge in [-0.3, -0.25) is 9.69 Å². The minimum Gasteiger partial charge on any atom is -0.379 e. The number of carbonyl (C=O) groups excluding carboxylic acids is 1. The minimum atomic E-state index is -0.0153. The molecule has 2 heterocycles. The summed E-state index contributed by atoms with van der Waals surface area (Å²) >= 11 is 1.67. The standard InChI is InChI=1S/C20H30N2O2S/c1-16-3-5-19(6-4-16)25-17(2)20(23)22-9-7-18(8-10-22)15-21-11-13-24-14-12-21/h3-6,17-18H,7-15H2,1-2H3/t17-/m0/s1. The third-order valence-corrected chi connectivity index (χ3v) is 6.33. The average molecular weight is 363 g/mol. The van der Waals surface area contributed by atoms with E-state index < -0.39 is 0 Å². The van der Waals surface area contributed by atoms with E-state index in [1.54, 1.807) is 11.8 Å². The van der Waals surface area contributed by atoms with E-state index in [4.69, 9.17) is 4.74 Å². The second-order valence-electron chi connectivity index (χ2n) is 7.25. The van der Waals surface area contributed by atoms with Crippen LogP contribution >= 0.6 is 11.8 Å². The smallest absolute Gasteiger partial charge is 0.235 e. The van der Waals surface area contributed by atoms with Crippen molar-refractivity contribution in [2.45, 2.75) is 36.8 Å². The van der Waals surface area contributed by atoms with Gasteiger partial charge >= 0.3 is 0 Å². The maximum atomic E-state index is 12.7. The van der Waals surface area contributed by atoms with Crippen molar-refractivity contribution in [1.29, 1.82) is 0 Å². The number of nitrogens with zero attached hydrogens (tertiary/aromatic N) is 2. The molecule has 1 aromatic rings. The fourth-order valence-electron chi connectivity index (χ4n) is 3.61. The molecule has 1 aromatic carbocycles. The Hall–Kier alpha value is -1.04. The molecule has 0 aliphatic carbocycles. The normalized spacial score (nSPS) is 21.3. The Bertz CT molecular complexity index is 549. The number of morpholine rings is 1. The summed E-state index contributed by atoms with van der Waals surface area (Å²) in [6, 6.07) is 8.43. The van der Waals surface area contributed by atoms with Crippen molar-refractivity contribution in [3.05, 3.63) is 29.8 Å². The Kier molecular flexibility index (Phi) is 6.79. The van der Waals surface area contributed by atoms with Crippen LogP contribution in [0, 0.1) is 12.8 Å². The number of benzene rings is 1. The van der Waals surface area contributed by atoms with Crippen molar-refractivity contribution in [2.75, 3.05) is 45.9 Å². The summed E-state index contributed by atoms with van der Waals surface area (Å²) in [5, 5.41) is -0.0153. The van der Waals surface area contributed by atoms with Gasteiger partial charge in [0.25, 0.3) is 0 Å². The van der Waals surface area contributed by atoms with Gasteiger partial charge in [-0.05, 0) is 44.7 Å². The molecule has 1 amide bonds. The molecule has 2 saturated heterocycles. The number of hydrogen-bond acceptors (Lipinski definition) is 4. The molecule has 138 valence electrons. The highest BCUT2D eigenvalue weighted by Crippen LogP contribution is 2.27. The van der Waals surface area contributed by atoms with Crippen LogP contribution in [0.5, 0.6) is 0 Å². The predicted molar refractivity (Wildman–Crippen MR) is 103 cm³/mol. The summed E-state index contributed by atoms with van der Waals surface area (Å²) in [7, 11) is 0. The third kappa shape index (κ3) is 5.47. The predicted octanol–water partition coefficient (Wildman–Crippen LogP) is 3.05. The maximum absolute atomic E-state index is 12.7. The van der Waals surface area contributed by atoms with Crippen LogP contribution in [0.15, 0.2) is 29.2 Å². The van der Waals surface area contributed by atoms with Crippen molar-refractivity contribution in [3.8, 4) is 0 Å². The molecule has 0 radical (unpaired) electrons. The van der Waals surface area contributed by atoms with Crippen molar-refractivity contribution in [2.24, 2.45) is 5.92 Å². The fourth-order valence-corrected chi connectivity index (χ4v) is 4.56. The topological polar surface area (TPSA) is 32.8 Å². The second-order valence-corrected chi connectivity index (χ2v) is 8.67. The van der Waals surface area contributed by atoms with Gasteiger partial charge in [0.05, 0.1) is 18.5 Å². The van der Waals surface area contributed by atoms with Gasteiger partial charge in [-0.1, -0.05) is 17.7 Å². The van der Waals surface area contributed by atoms with Crippen molar-refractivity contribution in [3.63, 3.8) is 0 Å². The number of ether oxygens (including phenoxy) is 1. The molecule has 3 rings (SSSR count). The van der Waals surface area contributed by atoms with Gasteiger partial charge in [0.1, 0.15) is 0 Å². The molecule has 0 N–H and O–H groups in total. The number of piperidine rings is 1. The lowest BCUT2D eigenvalue weighted by molar-refractivity contribution is -0.131. The van der Waals surface area contributed by atoms with E-state index >= 15 is 0 Å². The fraction of sp³-hybridized carbons (Fsp3) is 0.650. The molecule has 0 spiro atoms. The van der Waals surface area contributed by atoms with Gasteiger partial charge in [0.15, 0.2) is 0 Å². The lowest BCUT2D eigenvalue weighted by Crippen LogP contribution is -2.45. The van der Waals surface area contributed by atoms with Gasteiger partial charge in [0, 0.05) is 37.6 Å². The summed E-state index contributed by atoms with van der Waals surface area (Å²) in [6.45, 7) is 11.0. The van der Waals surface area contributed by atoms with Gasteiger partial charge < -0.3 is 9.64 Å². The lowest BCUT2D eigenvalue weighted by atomic mass is 9.96. The summed E-state index contributed by atoms with van der Waals surface area (Å²) < 4.78 is 5.42. The number of aryl methyl sites for hydroxylation is 1. The van der Waals surface area contributed by atoms with E-state index in [1.807, 2.05) is 6.92 Å². The molecular formula is C20H30N2O2S. The zero-order valence-corrected chi connectivity index (χ0v) is 16.3. The molecule has 0 unspecified atom stereocenters. The minimum absolute atomic E-state index is 0.0153. The van der Waals surface area contributed by atoms with Crippen LogP contribution in [0.4, 0.5) is 0 Å². The van der Waals surface area contributed by atoms with E-state index in [-0.39, 0.29) is 11.2 Å². The molecule has 25 heavy (non-hydrogen) atoms. The van der Waals surface area contributed by atoms with E-state index in [9.17, 15) is 4.79 Å². The van der Waals surface area contributed by atoms with Crippen LogP contribution in [0.2, 0.25) is 0 Å². The van der Waals surface area contributed by atoms with Gasteiger partial charge in [-0.2, -0.15) is 0 Å². The number of likely N-dealkylation sites (tertiary alicyclic amines) is 1. The summed E-state index contributed by atoms with van der Waals surface area (Å²) in [5.41, 5.74) is 1.26. The van der Waals surface area contributed by atoms with Crippen LogP contribution in [0.3, 0.4) is 0 Å². The van der Waals surface area contributed by atoms with Gasteiger partial charge in [-0.25, -0.2) is 0 Å². The highest BCUT2D eigenvalue weighted by Gasteiger charge is 2.27. The van der Waals surface area contributed by atoms with Crippen LogP contribution < -0.4 is 0 Å². The number of amides is 1. The Balaban J connectivity index is 1.43. The molecule has 2 aliphatic rings. The maximum Gasteiger partial charge on any atom is 0.235 e. The lowest BCUT2D eigenvalue weighted by Gasteiger charge is -2.36. The summed E-state index contributed by atoms with van der Waals surface area (Å²) in [4.78, 5) is 18.5. The van der Waals surface area contributed by atoms with Gasteiger partial charge in [0.2, 0.25) is 5.91 Å². The first-order chi connectivity index (χ1) is 12.1. The molecular weight excluding hydrogens is 332 g/mol. The van der Waals surface area contributed by atoms with E-state index in [1.165, 1.54) is 17.0 Å². The Morgan fingerprint density at radius 3 is 2.44 bits per heavy atom. The largest absolute Gasteiger partial charge is 0.379 e. The average Bonchev–Trinajstić information content (AvgIpc) is 2.64. The molecule has 5 heteroatoms. The highest BCUT2D eigenvalue weighted by atomic mass is 32.2. The van der Waals surface area contributed by atoms with Crippen LogP contribution in [0.1, 0.15) is 25.3 Å². The number of hydrogen-bond donors (Lipinski definition) is 0. The van der Waals surface area contributed by atoms with Crippen molar-refractivity contribution in [1.82, 2.24) is 9.80 Å². The molecule has 2 aliphatic heterocycles. The SMILES string of the molecule is Cc1ccc(S[C@@H](C)C(=O)N2CCC(CN3CCOCC3)CC2)cc1. The molecule has 0 bridgehead atoms. The van der Waals surface area contributed by atoms with Crippen molar-refractivity contribution < 1.29 is 9.53 Å². The first-order valence-corrected chi connectivity index (χ1v) is 10.3. The van der Waals surface area contributed by atoms with Gasteiger partial charge in [-0.15, -0.1) is 11.8 Å². The van der Waals surface area contributed by atoms with Crippen LogP contribution in [0.25, 0.3) is 0 Å². The second kappa shape index (κ2) is 9.06. The molecule has 4 nitrogen and oxygen atoms in total. The summed E-state index contributed by atoms with van der Waals surface area (Å²) in [5.74, 6) is 1.01. The Morgan fingerprint density at radius 2 is 1.80 bits per heavy atom. The van der Waals surface area contributed by atoms with E-state index in [0.29, 0.717) is 0 Å².